The van der Waals surface area contributed by atoms with Crippen molar-refractivity contribution in [1.82, 2.24) is 4.72 Å². The molecule has 1 saturated carbocycles. The van der Waals surface area contributed by atoms with Crippen LogP contribution in [0.2, 0.25) is 0 Å². The first kappa shape index (κ1) is 15.6. The van der Waals surface area contributed by atoms with Gasteiger partial charge in [0.05, 0.1) is 16.7 Å². The number of nitrogens with zero attached hydrogens (tertiary/aromatic N) is 1. The van der Waals surface area contributed by atoms with Crippen molar-refractivity contribution in [1.29, 1.82) is 0 Å². The lowest BCUT2D eigenvalue weighted by atomic mass is 9.80. The Morgan fingerprint density at radius 2 is 2.00 bits per heavy atom. The molecule has 0 bridgehead atoms. The van der Waals surface area contributed by atoms with E-state index in [9.17, 15) is 22.9 Å². The van der Waals surface area contributed by atoms with Gasteiger partial charge in [-0.15, -0.1) is 0 Å². The van der Waals surface area contributed by atoms with Crippen LogP contribution in [0.25, 0.3) is 0 Å². The van der Waals surface area contributed by atoms with E-state index in [1.165, 1.54) is 7.05 Å². The predicted octanol–water partition coefficient (Wildman–Crippen LogP) is 2.00. The van der Waals surface area contributed by atoms with Crippen LogP contribution in [-0.4, -0.2) is 25.9 Å². The summed E-state index contributed by atoms with van der Waals surface area (Å²) >= 11 is 0. The van der Waals surface area contributed by atoms with Crippen molar-refractivity contribution < 1.29 is 17.7 Å². The average molecular weight is 317 g/mol. The summed E-state index contributed by atoms with van der Waals surface area (Å²) in [5.41, 5.74) is -1.24. The maximum absolute atomic E-state index is 14.1. The number of rotatable bonds is 5. The van der Waals surface area contributed by atoms with Crippen molar-refractivity contribution in [2.75, 3.05) is 12.4 Å². The third-order valence-corrected chi connectivity index (χ3v) is 5.33. The second-order valence-corrected chi connectivity index (χ2v) is 6.95. The highest BCUT2D eigenvalue weighted by Gasteiger charge is 2.38. The third kappa shape index (κ3) is 2.98. The van der Waals surface area contributed by atoms with E-state index in [4.69, 9.17) is 0 Å². The molecule has 1 fully saturated rings. The van der Waals surface area contributed by atoms with Crippen LogP contribution in [0.5, 0.6) is 0 Å². The molecule has 0 atom stereocenters. The first-order valence-corrected chi connectivity index (χ1v) is 7.86. The monoisotopic (exact) mass is 317 g/mol. The highest BCUT2D eigenvalue weighted by Crippen LogP contribution is 2.35. The molecule has 0 aromatic heterocycles. The number of hydrogen-bond acceptors (Lipinski definition) is 5. The fourth-order valence-electron chi connectivity index (χ4n) is 2.33. The summed E-state index contributed by atoms with van der Waals surface area (Å²) in [7, 11) is -2.73. The second kappa shape index (κ2) is 5.23. The highest BCUT2D eigenvalue weighted by molar-refractivity contribution is 7.89. The van der Waals surface area contributed by atoms with Crippen LogP contribution in [0.15, 0.2) is 17.0 Å². The van der Waals surface area contributed by atoms with Crippen LogP contribution in [0.3, 0.4) is 0 Å². The molecule has 1 aliphatic rings. The first-order chi connectivity index (χ1) is 9.68. The Kier molecular flexibility index (Phi) is 3.89. The van der Waals surface area contributed by atoms with Crippen LogP contribution in [-0.2, 0) is 10.0 Å². The zero-order valence-electron chi connectivity index (χ0n) is 11.6. The predicted molar refractivity (Wildman–Crippen MR) is 75.2 cm³/mol. The molecule has 1 aromatic carbocycles. The average Bonchev–Trinajstić information content (AvgIpc) is 2.34. The van der Waals surface area contributed by atoms with E-state index in [0.717, 1.165) is 12.5 Å². The van der Waals surface area contributed by atoms with E-state index >= 15 is 0 Å². The summed E-state index contributed by atoms with van der Waals surface area (Å²) in [5, 5.41) is 13.2. The Bertz CT molecular complexity index is 686. The molecule has 116 valence electrons. The van der Waals surface area contributed by atoms with E-state index < -0.39 is 36.9 Å². The van der Waals surface area contributed by atoms with Crippen LogP contribution in [0.4, 0.5) is 15.8 Å². The minimum atomic E-state index is -4.10. The molecular formula is C12H16FN3O4S. The third-order valence-electron chi connectivity index (χ3n) is 3.62. The maximum Gasteiger partial charge on any atom is 0.274 e. The number of anilines is 1. The quantitative estimate of drug-likeness (QED) is 0.639. The molecule has 0 heterocycles. The largest absolute Gasteiger partial charge is 0.387 e. The molecule has 0 spiro atoms. The highest BCUT2D eigenvalue weighted by atomic mass is 32.2. The summed E-state index contributed by atoms with van der Waals surface area (Å²) in [6.07, 6.45) is 2.26. The molecule has 0 amide bonds. The van der Waals surface area contributed by atoms with Crippen LogP contribution in [0.1, 0.15) is 26.2 Å². The van der Waals surface area contributed by atoms with Gasteiger partial charge in [-0.25, -0.2) is 17.5 Å². The lowest BCUT2D eigenvalue weighted by Gasteiger charge is -2.38. The Hall–Kier alpha value is -1.74. The maximum atomic E-state index is 14.1. The molecule has 1 aromatic rings. The first-order valence-electron chi connectivity index (χ1n) is 6.38. The van der Waals surface area contributed by atoms with Crippen LogP contribution >= 0.6 is 0 Å². The lowest BCUT2D eigenvalue weighted by molar-refractivity contribution is -0.385. The summed E-state index contributed by atoms with van der Waals surface area (Å²) < 4.78 is 41.3. The molecule has 0 aliphatic heterocycles. The SMILES string of the molecule is CNc1cc([N+](=O)[O-])cc(F)c1S(=O)(=O)NC1(C)CCC1. The van der Waals surface area contributed by atoms with Gasteiger partial charge >= 0.3 is 0 Å². The molecule has 2 rings (SSSR count). The van der Waals surface area contributed by atoms with Crippen molar-refractivity contribution in [3.05, 3.63) is 28.1 Å². The number of nitrogens with one attached hydrogen (secondary N) is 2. The van der Waals surface area contributed by atoms with E-state index in [1.54, 1.807) is 6.92 Å². The lowest BCUT2D eigenvalue weighted by Crippen LogP contribution is -2.51. The number of non-ortho nitro benzene ring substituents is 1. The van der Waals surface area contributed by atoms with E-state index in [-0.39, 0.29) is 5.69 Å². The fraction of sp³-hybridized carbons (Fsp3) is 0.500. The summed E-state index contributed by atoms with van der Waals surface area (Å²) in [4.78, 5) is 9.34. The number of benzene rings is 1. The Morgan fingerprint density at radius 3 is 2.43 bits per heavy atom. The van der Waals surface area contributed by atoms with Gasteiger partial charge in [-0.05, 0) is 26.2 Å². The smallest absolute Gasteiger partial charge is 0.274 e. The fourth-order valence-corrected chi connectivity index (χ4v) is 4.05. The molecule has 7 nitrogen and oxygen atoms in total. The van der Waals surface area contributed by atoms with Crippen molar-refractivity contribution >= 4 is 21.4 Å². The minimum Gasteiger partial charge on any atom is -0.387 e. The van der Waals surface area contributed by atoms with Crippen LogP contribution < -0.4 is 10.0 Å². The number of hydrogen-bond donors (Lipinski definition) is 2. The molecule has 2 N–H and O–H groups in total. The summed E-state index contributed by atoms with van der Waals surface area (Å²) in [5.74, 6) is -1.15. The number of sulfonamides is 1. The second-order valence-electron chi connectivity index (χ2n) is 5.33. The van der Waals surface area contributed by atoms with Crippen LogP contribution in [0, 0.1) is 15.9 Å². The topological polar surface area (TPSA) is 101 Å². The Balaban J connectivity index is 2.49. The van der Waals surface area contributed by atoms with Gasteiger partial charge < -0.3 is 5.32 Å². The number of nitro groups is 1. The zero-order chi connectivity index (χ0) is 15.8. The number of halogens is 1. The van der Waals surface area contributed by atoms with Gasteiger partial charge in [0.1, 0.15) is 4.90 Å². The van der Waals surface area contributed by atoms with E-state index in [0.29, 0.717) is 18.9 Å². The van der Waals surface area contributed by atoms with Crippen molar-refractivity contribution in [3.8, 4) is 0 Å². The molecule has 21 heavy (non-hydrogen) atoms. The van der Waals surface area contributed by atoms with E-state index in [1.807, 2.05) is 0 Å². The number of nitro benzene ring substituents is 1. The van der Waals surface area contributed by atoms with Gasteiger partial charge in [0.15, 0.2) is 5.82 Å². The molecule has 9 heteroatoms. The van der Waals surface area contributed by atoms with Gasteiger partial charge in [-0.2, -0.15) is 0 Å². The standard InChI is InChI=1S/C12H16FN3O4S/c1-12(4-3-5-12)15-21(19,20)11-9(13)6-8(16(17)18)7-10(11)14-2/h6-7,14-15H,3-5H2,1-2H3. The summed E-state index contributed by atoms with van der Waals surface area (Å²) in [6.45, 7) is 1.75. The summed E-state index contributed by atoms with van der Waals surface area (Å²) in [6, 6.07) is 1.61. The molecular weight excluding hydrogens is 301 g/mol. The molecule has 0 radical (unpaired) electrons. The Morgan fingerprint density at radius 1 is 1.38 bits per heavy atom. The Labute approximate surface area is 121 Å². The molecule has 0 saturated heterocycles. The van der Waals surface area contributed by atoms with E-state index in [2.05, 4.69) is 10.0 Å². The van der Waals surface area contributed by atoms with Crippen molar-refractivity contribution in [3.63, 3.8) is 0 Å². The normalized spacial score (nSPS) is 17.1. The van der Waals surface area contributed by atoms with Crippen molar-refractivity contribution in [2.45, 2.75) is 36.6 Å². The van der Waals surface area contributed by atoms with Gasteiger partial charge in [0, 0.05) is 18.7 Å². The van der Waals surface area contributed by atoms with Crippen molar-refractivity contribution in [2.24, 2.45) is 0 Å². The minimum absolute atomic E-state index is 0.142. The van der Waals surface area contributed by atoms with Gasteiger partial charge in [0.2, 0.25) is 10.0 Å². The van der Waals surface area contributed by atoms with Gasteiger partial charge in [-0.3, -0.25) is 10.1 Å². The molecule has 1 aliphatic carbocycles. The van der Waals surface area contributed by atoms with Gasteiger partial charge in [0.25, 0.3) is 5.69 Å². The van der Waals surface area contributed by atoms with Gasteiger partial charge in [-0.1, -0.05) is 0 Å². The molecule has 0 unspecified atom stereocenters. The zero-order valence-corrected chi connectivity index (χ0v) is 12.5.